The van der Waals surface area contributed by atoms with Crippen LogP contribution in [0.4, 0.5) is 14.5 Å². The first-order valence-electron chi connectivity index (χ1n) is 3.27. The van der Waals surface area contributed by atoms with E-state index in [1.54, 1.807) is 0 Å². The summed E-state index contributed by atoms with van der Waals surface area (Å²) in [6, 6.07) is 2.43. The van der Waals surface area contributed by atoms with Gasteiger partial charge in [-0.1, -0.05) is 0 Å². The Hall–Kier alpha value is -1.65. The van der Waals surface area contributed by atoms with Crippen molar-refractivity contribution in [2.24, 2.45) is 0 Å². The van der Waals surface area contributed by atoms with Gasteiger partial charge < -0.3 is 5.73 Å². The quantitative estimate of drug-likeness (QED) is 0.586. The van der Waals surface area contributed by atoms with Gasteiger partial charge in [-0.2, -0.15) is 9.49 Å². The molecule has 0 amide bonds. The number of halogens is 2. The maximum Gasteiger partial charge on any atom is 0.216 e. The molecule has 0 aliphatic rings. The second-order valence-electron chi connectivity index (χ2n) is 2.44. The van der Waals surface area contributed by atoms with Gasteiger partial charge in [0.2, 0.25) is 5.95 Å². The zero-order valence-electron chi connectivity index (χ0n) is 5.94. The Morgan fingerprint density at radius 1 is 1.33 bits per heavy atom. The van der Waals surface area contributed by atoms with Crippen molar-refractivity contribution < 1.29 is 8.78 Å². The average molecular weight is 169 g/mol. The van der Waals surface area contributed by atoms with E-state index in [0.717, 1.165) is 6.07 Å². The minimum Gasteiger partial charge on any atom is -0.399 e. The first-order chi connectivity index (χ1) is 5.68. The van der Waals surface area contributed by atoms with Gasteiger partial charge in [-0.3, -0.25) is 5.10 Å². The van der Waals surface area contributed by atoms with E-state index in [-0.39, 0.29) is 16.6 Å². The van der Waals surface area contributed by atoms with E-state index < -0.39 is 11.8 Å². The van der Waals surface area contributed by atoms with E-state index in [1.165, 1.54) is 6.07 Å². The summed E-state index contributed by atoms with van der Waals surface area (Å²) in [7, 11) is 0. The molecule has 62 valence electrons. The van der Waals surface area contributed by atoms with E-state index >= 15 is 0 Å². The number of aromatic amines is 1. The van der Waals surface area contributed by atoms with Crippen molar-refractivity contribution in [2.45, 2.75) is 0 Å². The second kappa shape index (κ2) is 2.17. The van der Waals surface area contributed by atoms with Crippen molar-refractivity contribution >= 4 is 16.6 Å². The zero-order chi connectivity index (χ0) is 8.72. The van der Waals surface area contributed by atoms with Gasteiger partial charge in [-0.15, -0.1) is 0 Å². The summed E-state index contributed by atoms with van der Waals surface area (Å²) in [5, 5.41) is 5.54. The molecule has 0 spiro atoms. The fourth-order valence-electron chi connectivity index (χ4n) is 1.07. The van der Waals surface area contributed by atoms with Crippen molar-refractivity contribution in [1.82, 2.24) is 10.2 Å². The van der Waals surface area contributed by atoms with E-state index in [0.29, 0.717) is 0 Å². The molecule has 0 radical (unpaired) electrons. The first kappa shape index (κ1) is 7.02. The van der Waals surface area contributed by atoms with Crippen LogP contribution in [0.1, 0.15) is 0 Å². The molecule has 1 aromatic carbocycles. The number of nitrogens with zero attached hydrogens (tertiary/aromatic N) is 1. The largest absolute Gasteiger partial charge is 0.399 e. The molecule has 3 N–H and O–H groups in total. The van der Waals surface area contributed by atoms with Crippen LogP contribution < -0.4 is 5.73 Å². The van der Waals surface area contributed by atoms with Gasteiger partial charge in [-0.25, -0.2) is 4.39 Å². The Balaban J connectivity index is 2.92. The molecule has 3 nitrogen and oxygen atoms in total. The van der Waals surface area contributed by atoms with Gasteiger partial charge in [-0.05, 0) is 12.1 Å². The lowest BCUT2D eigenvalue weighted by Gasteiger charge is -1.93. The topological polar surface area (TPSA) is 54.7 Å². The standard InChI is InChI=1S/C7H5F2N3/c8-5-2-3(10)1-4-6(5)11-12-7(4)9/h1-2H,10H2,(H,11,12). The molecule has 5 heteroatoms. The molecule has 0 saturated carbocycles. The zero-order valence-corrected chi connectivity index (χ0v) is 5.94. The lowest BCUT2D eigenvalue weighted by molar-refractivity contribution is 0.588. The van der Waals surface area contributed by atoms with Gasteiger partial charge in [0.15, 0.2) is 5.82 Å². The van der Waals surface area contributed by atoms with Crippen molar-refractivity contribution in [3.8, 4) is 0 Å². The smallest absolute Gasteiger partial charge is 0.216 e. The molecule has 0 bridgehead atoms. The number of nitrogens with two attached hydrogens (primary N) is 1. The summed E-state index contributed by atoms with van der Waals surface area (Å²) in [5.74, 6) is -1.29. The number of nitrogens with one attached hydrogen (secondary N) is 1. The van der Waals surface area contributed by atoms with Crippen LogP contribution in [0, 0.1) is 11.8 Å². The van der Waals surface area contributed by atoms with Gasteiger partial charge in [0.05, 0.1) is 5.39 Å². The predicted octanol–water partition coefficient (Wildman–Crippen LogP) is 1.42. The summed E-state index contributed by atoms with van der Waals surface area (Å²) in [6.45, 7) is 0. The molecule has 0 aliphatic heterocycles. The molecular formula is C7H5F2N3. The highest BCUT2D eigenvalue weighted by atomic mass is 19.1. The van der Waals surface area contributed by atoms with Crippen LogP contribution in [0.3, 0.4) is 0 Å². The minimum atomic E-state index is -0.670. The Labute approximate surface area is 66.2 Å². The second-order valence-corrected chi connectivity index (χ2v) is 2.44. The third-order valence-electron chi connectivity index (χ3n) is 1.59. The van der Waals surface area contributed by atoms with Crippen molar-refractivity contribution in [3.63, 3.8) is 0 Å². The maximum absolute atomic E-state index is 12.9. The number of rotatable bonds is 0. The maximum atomic E-state index is 12.9. The Morgan fingerprint density at radius 2 is 2.08 bits per heavy atom. The van der Waals surface area contributed by atoms with Crippen LogP contribution in [-0.2, 0) is 0 Å². The molecular weight excluding hydrogens is 164 g/mol. The molecule has 12 heavy (non-hydrogen) atoms. The summed E-state index contributed by atoms with van der Waals surface area (Å²) < 4.78 is 25.7. The number of benzene rings is 1. The van der Waals surface area contributed by atoms with Crippen molar-refractivity contribution in [3.05, 3.63) is 23.9 Å². The minimum absolute atomic E-state index is 0.0262. The van der Waals surface area contributed by atoms with E-state index in [2.05, 4.69) is 5.10 Å². The predicted molar refractivity (Wildman–Crippen MR) is 40.4 cm³/mol. The normalized spacial score (nSPS) is 10.8. The first-order valence-corrected chi connectivity index (χ1v) is 3.27. The number of H-pyrrole nitrogens is 1. The highest BCUT2D eigenvalue weighted by molar-refractivity contribution is 5.82. The molecule has 0 saturated heterocycles. The van der Waals surface area contributed by atoms with E-state index in [1.807, 2.05) is 5.10 Å². The Morgan fingerprint density at radius 3 is 2.83 bits per heavy atom. The van der Waals surface area contributed by atoms with Crippen LogP contribution in [0.25, 0.3) is 10.9 Å². The summed E-state index contributed by atoms with van der Waals surface area (Å²) in [5.41, 5.74) is 5.46. The Kier molecular flexibility index (Phi) is 1.27. The number of aromatic nitrogens is 2. The SMILES string of the molecule is Nc1cc(F)c2n[nH]c(F)c2c1. The number of anilines is 1. The van der Waals surface area contributed by atoms with Crippen LogP contribution in [-0.4, -0.2) is 10.2 Å². The number of nitrogen functional groups attached to an aromatic ring is 1. The van der Waals surface area contributed by atoms with Gasteiger partial charge in [0, 0.05) is 5.69 Å². The highest BCUT2D eigenvalue weighted by Gasteiger charge is 2.09. The van der Waals surface area contributed by atoms with Gasteiger partial charge >= 0.3 is 0 Å². The molecule has 0 aliphatic carbocycles. The van der Waals surface area contributed by atoms with Gasteiger partial charge in [0.1, 0.15) is 5.52 Å². The van der Waals surface area contributed by atoms with Crippen LogP contribution in [0.15, 0.2) is 12.1 Å². The van der Waals surface area contributed by atoms with Crippen LogP contribution in [0.2, 0.25) is 0 Å². The molecule has 2 aromatic rings. The third-order valence-corrected chi connectivity index (χ3v) is 1.59. The number of fused-ring (bicyclic) bond motifs is 1. The van der Waals surface area contributed by atoms with Gasteiger partial charge in [0.25, 0.3) is 0 Å². The van der Waals surface area contributed by atoms with Crippen molar-refractivity contribution in [1.29, 1.82) is 0 Å². The number of hydrogen-bond acceptors (Lipinski definition) is 2. The van der Waals surface area contributed by atoms with E-state index in [4.69, 9.17) is 5.73 Å². The fraction of sp³-hybridized carbons (Fsp3) is 0. The summed E-state index contributed by atoms with van der Waals surface area (Å²) in [6.07, 6.45) is 0. The monoisotopic (exact) mass is 169 g/mol. The van der Waals surface area contributed by atoms with Crippen LogP contribution in [0.5, 0.6) is 0 Å². The Bertz CT molecular complexity index is 435. The highest BCUT2D eigenvalue weighted by Crippen LogP contribution is 2.20. The average Bonchev–Trinajstić information content (AvgIpc) is 2.33. The molecule has 0 unspecified atom stereocenters. The molecule has 0 fully saturated rings. The van der Waals surface area contributed by atoms with Crippen LogP contribution >= 0.6 is 0 Å². The number of hydrogen-bond donors (Lipinski definition) is 2. The molecule has 2 rings (SSSR count). The molecule has 0 atom stereocenters. The van der Waals surface area contributed by atoms with E-state index in [9.17, 15) is 8.78 Å². The third kappa shape index (κ3) is 0.827. The molecule has 1 heterocycles. The van der Waals surface area contributed by atoms with Crippen molar-refractivity contribution in [2.75, 3.05) is 5.73 Å². The summed E-state index contributed by atoms with van der Waals surface area (Å²) in [4.78, 5) is 0. The lowest BCUT2D eigenvalue weighted by atomic mass is 10.2. The lowest BCUT2D eigenvalue weighted by Crippen LogP contribution is -1.87. The fourth-order valence-corrected chi connectivity index (χ4v) is 1.07. The molecule has 1 aromatic heterocycles. The summed E-state index contributed by atoms with van der Waals surface area (Å²) >= 11 is 0.